The summed E-state index contributed by atoms with van der Waals surface area (Å²) in [6.45, 7) is 4.73. The largest absolute Gasteiger partial charge is 0.332 e. The van der Waals surface area contributed by atoms with Crippen molar-refractivity contribution in [1.82, 2.24) is 0 Å². The molecule has 0 saturated carbocycles. The van der Waals surface area contributed by atoms with Crippen molar-refractivity contribution in [1.29, 1.82) is 0 Å². The highest BCUT2D eigenvalue weighted by Crippen LogP contribution is 2.42. The molecule has 1 aliphatic heterocycles. The van der Waals surface area contributed by atoms with Crippen molar-refractivity contribution in [2.75, 3.05) is 7.05 Å². The van der Waals surface area contributed by atoms with Gasteiger partial charge in [0.2, 0.25) is 0 Å². The first-order chi connectivity index (χ1) is 10.2. The Hall–Kier alpha value is -1.60. The van der Waals surface area contributed by atoms with Crippen LogP contribution in [-0.4, -0.2) is 19.1 Å². The lowest BCUT2D eigenvalue weighted by Crippen LogP contribution is -3.14. The zero-order valence-corrected chi connectivity index (χ0v) is 13.3. The second-order valence-electron chi connectivity index (χ2n) is 6.51. The highest BCUT2D eigenvalue weighted by atomic mass is 15.2. The molecule has 110 valence electrons. The summed E-state index contributed by atoms with van der Waals surface area (Å²) in [7, 11) is 2.37. The average molecular weight is 280 g/mol. The topological polar surface area (TPSA) is 4.44 Å². The molecule has 3 atom stereocenters. The van der Waals surface area contributed by atoms with E-state index in [1.54, 1.807) is 4.90 Å². The number of likely N-dealkylation sites (tertiary alicyclic amines) is 1. The van der Waals surface area contributed by atoms with Crippen LogP contribution in [-0.2, 0) is 5.41 Å². The second kappa shape index (κ2) is 5.65. The quantitative estimate of drug-likeness (QED) is 0.881. The molecule has 1 heteroatoms. The lowest BCUT2D eigenvalue weighted by Gasteiger charge is -2.35. The number of benzene rings is 2. The molecule has 2 aromatic carbocycles. The summed E-state index contributed by atoms with van der Waals surface area (Å²) in [5.41, 5.74) is 3.11. The molecule has 1 fully saturated rings. The summed E-state index contributed by atoms with van der Waals surface area (Å²) in [5, 5.41) is 0. The Morgan fingerprint density at radius 2 is 1.43 bits per heavy atom. The van der Waals surface area contributed by atoms with Crippen LogP contribution in [0.25, 0.3) is 0 Å². The number of rotatable bonds is 3. The van der Waals surface area contributed by atoms with Gasteiger partial charge in [0.25, 0.3) is 0 Å². The number of hydrogen-bond acceptors (Lipinski definition) is 0. The molecule has 1 N–H and O–H groups in total. The normalized spacial score (nSPS) is 27.7. The predicted molar refractivity (Wildman–Crippen MR) is 88.7 cm³/mol. The smallest absolute Gasteiger partial charge is 0.101 e. The molecule has 3 unspecified atom stereocenters. The van der Waals surface area contributed by atoms with Crippen molar-refractivity contribution in [3.05, 3.63) is 71.8 Å². The maximum Gasteiger partial charge on any atom is 0.101 e. The average Bonchev–Trinajstić information content (AvgIpc) is 2.81. The molecule has 1 saturated heterocycles. The molecule has 2 aromatic rings. The number of quaternary nitrogens is 1. The lowest BCUT2D eigenvalue weighted by atomic mass is 9.68. The summed E-state index contributed by atoms with van der Waals surface area (Å²) in [5.74, 6) is 0. The maximum absolute atomic E-state index is 2.39. The minimum Gasteiger partial charge on any atom is -0.332 e. The molecule has 0 aromatic heterocycles. The third kappa shape index (κ3) is 2.20. The Kier molecular flexibility index (Phi) is 3.86. The molecular weight excluding hydrogens is 254 g/mol. The number of nitrogens with one attached hydrogen (secondary N) is 1. The van der Waals surface area contributed by atoms with E-state index < -0.39 is 0 Å². The van der Waals surface area contributed by atoms with Crippen molar-refractivity contribution < 1.29 is 4.90 Å². The zero-order chi connectivity index (χ0) is 14.9. The van der Waals surface area contributed by atoms with Gasteiger partial charge in [-0.25, -0.2) is 0 Å². The summed E-state index contributed by atoms with van der Waals surface area (Å²) < 4.78 is 0. The van der Waals surface area contributed by atoms with E-state index in [4.69, 9.17) is 0 Å². The van der Waals surface area contributed by atoms with Crippen molar-refractivity contribution in [2.24, 2.45) is 0 Å². The van der Waals surface area contributed by atoms with E-state index in [1.165, 1.54) is 24.0 Å². The van der Waals surface area contributed by atoms with Gasteiger partial charge in [-0.1, -0.05) is 67.6 Å². The predicted octanol–water partition coefficient (Wildman–Crippen LogP) is 3.06. The first-order valence-corrected chi connectivity index (χ1v) is 8.14. The van der Waals surface area contributed by atoms with Crippen LogP contribution < -0.4 is 4.90 Å². The second-order valence-corrected chi connectivity index (χ2v) is 6.51. The van der Waals surface area contributed by atoms with Crippen LogP contribution in [0.3, 0.4) is 0 Å². The van der Waals surface area contributed by atoms with Gasteiger partial charge >= 0.3 is 0 Å². The van der Waals surface area contributed by atoms with Gasteiger partial charge in [0.05, 0.1) is 18.5 Å². The van der Waals surface area contributed by atoms with Crippen molar-refractivity contribution in [2.45, 2.75) is 44.2 Å². The van der Waals surface area contributed by atoms with Gasteiger partial charge in [-0.2, -0.15) is 0 Å². The van der Waals surface area contributed by atoms with Gasteiger partial charge in [-0.05, 0) is 24.5 Å². The molecule has 1 heterocycles. The minimum atomic E-state index is 0.154. The van der Waals surface area contributed by atoms with Gasteiger partial charge in [0.1, 0.15) is 6.04 Å². The molecule has 0 bridgehead atoms. The van der Waals surface area contributed by atoms with E-state index in [-0.39, 0.29) is 5.41 Å². The molecule has 21 heavy (non-hydrogen) atoms. The monoisotopic (exact) mass is 280 g/mol. The van der Waals surface area contributed by atoms with Crippen LogP contribution >= 0.6 is 0 Å². The Morgan fingerprint density at radius 3 is 1.86 bits per heavy atom. The van der Waals surface area contributed by atoms with Gasteiger partial charge in [0.15, 0.2) is 0 Å². The first-order valence-electron chi connectivity index (χ1n) is 8.14. The molecule has 1 nitrogen and oxygen atoms in total. The van der Waals surface area contributed by atoms with Crippen LogP contribution in [0.15, 0.2) is 60.7 Å². The SMILES string of the molecule is CCC1[NH+](C)C(C)CC1(c1ccccc1)c1ccccc1. The summed E-state index contributed by atoms with van der Waals surface area (Å²) >= 11 is 0. The van der Waals surface area contributed by atoms with Crippen LogP contribution in [0, 0.1) is 0 Å². The fourth-order valence-electron chi connectivity index (χ4n) is 4.46. The van der Waals surface area contributed by atoms with E-state index in [2.05, 4.69) is 81.6 Å². The minimum absolute atomic E-state index is 0.154. The Labute approximate surface area is 128 Å². The standard InChI is InChI=1S/C20H25N/c1-4-19-20(15-16(2)21(19)3,17-11-7-5-8-12-17)18-13-9-6-10-14-18/h5-14,16,19H,4,15H2,1-3H3/p+1. The summed E-state index contributed by atoms with van der Waals surface area (Å²) in [6, 6.07) is 23.6. The van der Waals surface area contributed by atoms with E-state index in [0.717, 1.165) is 0 Å². The summed E-state index contributed by atoms with van der Waals surface area (Å²) in [6.07, 6.45) is 2.44. The van der Waals surface area contributed by atoms with Crippen LogP contribution in [0.2, 0.25) is 0 Å². The lowest BCUT2D eigenvalue weighted by molar-refractivity contribution is -0.916. The first kappa shape index (κ1) is 14.3. The Bertz CT molecular complexity index is 536. The molecule has 3 rings (SSSR count). The van der Waals surface area contributed by atoms with Gasteiger partial charge in [-0.3, -0.25) is 0 Å². The van der Waals surface area contributed by atoms with Gasteiger partial charge < -0.3 is 4.90 Å². The maximum atomic E-state index is 2.39. The number of hydrogen-bond donors (Lipinski definition) is 1. The van der Waals surface area contributed by atoms with Crippen molar-refractivity contribution in [3.8, 4) is 0 Å². The van der Waals surface area contributed by atoms with Crippen LogP contribution in [0.5, 0.6) is 0 Å². The van der Waals surface area contributed by atoms with E-state index in [1.807, 2.05) is 0 Å². The molecule has 0 aliphatic carbocycles. The van der Waals surface area contributed by atoms with Crippen LogP contribution in [0.4, 0.5) is 0 Å². The molecule has 0 spiro atoms. The van der Waals surface area contributed by atoms with Gasteiger partial charge in [0, 0.05) is 6.42 Å². The highest BCUT2D eigenvalue weighted by Gasteiger charge is 2.53. The van der Waals surface area contributed by atoms with Crippen molar-refractivity contribution in [3.63, 3.8) is 0 Å². The Morgan fingerprint density at radius 1 is 0.952 bits per heavy atom. The van der Waals surface area contributed by atoms with Gasteiger partial charge in [-0.15, -0.1) is 0 Å². The van der Waals surface area contributed by atoms with Crippen molar-refractivity contribution >= 4 is 0 Å². The fraction of sp³-hybridized carbons (Fsp3) is 0.400. The Balaban J connectivity index is 2.21. The van der Waals surface area contributed by atoms with E-state index in [9.17, 15) is 0 Å². The highest BCUT2D eigenvalue weighted by molar-refractivity contribution is 5.42. The molecule has 0 amide bonds. The molecule has 0 radical (unpaired) electrons. The third-order valence-electron chi connectivity index (χ3n) is 5.54. The number of likely N-dealkylation sites (N-methyl/N-ethyl adjacent to an activating group) is 1. The van der Waals surface area contributed by atoms with E-state index in [0.29, 0.717) is 12.1 Å². The van der Waals surface area contributed by atoms with Crippen LogP contribution in [0.1, 0.15) is 37.8 Å². The van der Waals surface area contributed by atoms with E-state index >= 15 is 0 Å². The summed E-state index contributed by atoms with van der Waals surface area (Å²) in [4.78, 5) is 1.67. The third-order valence-corrected chi connectivity index (χ3v) is 5.54. The molecule has 1 aliphatic rings. The molecular formula is C20H26N+. The zero-order valence-electron chi connectivity index (χ0n) is 13.3. The fourth-order valence-corrected chi connectivity index (χ4v) is 4.46.